The Morgan fingerprint density at radius 1 is 1.46 bits per heavy atom. The Labute approximate surface area is 144 Å². The van der Waals surface area contributed by atoms with Gasteiger partial charge >= 0.3 is 16.1 Å². The number of rotatable bonds is 4. The number of fused-ring (bicyclic) bond motifs is 2. The third-order valence-corrected chi connectivity index (χ3v) is 5.26. The maximum atomic E-state index is 11.9. The van der Waals surface area contributed by atoms with Crippen molar-refractivity contribution in [2.75, 3.05) is 12.3 Å². The predicted octanol–water partition coefficient (Wildman–Crippen LogP) is -0.850. The van der Waals surface area contributed by atoms with E-state index in [0.29, 0.717) is 0 Å². The van der Waals surface area contributed by atoms with Gasteiger partial charge in [0.25, 0.3) is 5.56 Å². The summed E-state index contributed by atoms with van der Waals surface area (Å²) in [5, 5.41) is 0. The minimum atomic E-state index is -4.34. The van der Waals surface area contributed by atoms with E-state index in [1.54, 1.807) is 0 Å². The molecule has 140 valence electrons. The van der Waals surface area contributed by atoms with Crippen LogP contribution in [0.5, 0.6) is 0 Å². The number of H-pyrrole nitrogens is 1. The highest BCUT2D eigenvalue weighted by molar-refractivity contribution is 7.47. The van der Waals surface area contributed by atoms with Gasteiger partial charge in [0.2, 0.25) is 5.95 Å². The van der Waals surface area contributed by atoms with E-state index < -0.39 is 52.8 Å². The quantitative estimate of drug-likeness (QED) is 0.457. The van der Waals surface area contributed by atoms with Crippen molar-refractivity contribution in [3.05, 3.63) is 16.7 Å². The van der Waals surface area contributed by atoms with Crippen molar-refractivity contribution in [3.8, 4) is 0 Å². The van der Waals surface area contributed by atoms with Gasteiger partial charge in [0, 0.05) is 4.57 Å². The molecule has 2 aromatic rings. The fraction of sp³-hybridized carbons (Fsp3) is 0.500. The van der Waals surface area contributed by atoms with Gasteiger partial charge in [-0.1, -0.05) is 0 Å². The SMILES string of the molecule is Nc1nc2c(ncn2[C@@H]2O[C@H](CO[P+](=O)O)C3OP(=O)(O)OC32)c(=O)[nH]1. The Kier molecular flexibility index (Phi) is 4.17. The van der Waals surface area contributed by atoms with Gasteiger partial charge < -0.3 is 15.4 Å². The number of anilines is 1. The molecule has 4 heterocycles. The molecular formula is C10H12N5O9P2+. The molecule has 26 heavy (non-hydrogen) atoms. The van der Waals surface area contributed by atoms with E-state index in [9.17, 15) is 18.8 Å². The highest BCUT2D eigenvalue weighted by Crippen LogP contribution is 2.58. The minimum Gasteiger partial charge on any atom is -0.369 e. The number of aromatic amines is 1. The fourth-order valence-corrected chi connectivity index (χ4v) is 4.32. The molecule has 0 saturated carbocycles. The van der Waals surface area contributed by atoms with E-state index in [1.807, 2.05) is 0 Å². The lowest BCUT2D eigenvalue weighted by Gasteiger charge is -2.18. The third kappa shape index (κ3) is 2.96. The summed E-state index contributed by atoms with van der Waals surface area (Å²) in [6, 6.07) is 0. The topological polar surface area (TPSA) is 201 Å². The van der Waals surface area contributed by atoms with Crippen molar-refractivity contribution in [2.24, 2.45) is 0 Å². The molecule has 5 N–H and O–H groups in total. The van der Waals surface area contributed by atoms with Crippen LogP contribution >= 0.6 is 16.1 Å². The molecule has 4 unspecified atom stereocenters. The number of ether oxygens (including phenoxy) is 1. The van der Waals surface area contributed by atoms with Gasteiger partial charge in [-0.3, -0.25) is 23.4 Å². The molecule has 6 atom stereocenters. The summed E-state index contributed by atoms with van der Waals surface area (Å²) < 4.78 is 44.1. The normalized spacial score (nSPS) is 34.3. The number of hydrogen-bond donors (Lipinski definition) is 4. The molecule has 0 radical (unpaired) electrons. The van der Waals surface area contributed by atoms with Crippen LogP contribution in [0.4, 0.5) is 5.95 Å². The first kappa shape index (κ1) is 17.6. The van der Waals surface area contributed by atoms with Gasteiger partial charge in [-0.25, -0.2) is 9.55 Å². The molecule has 2 saturated heterocycles. The highest BCUT2D eigenvalue weighted by atomic mass is 31.2. The highest BCUT2D eigenvalue weighted by Gasteiger charge is 2.58. The van der Waals surface area contributed by atoms with E-state index in [0.717, 1.165) is 0 Å². The Hall–Kier alpha value is -1.76. The van der Waals surface area contributed by atoms with Gasteiger partial charge in [0.15, 0.2) is 17.4 Å². The maximum absolute atomic E-state index is 11.9. The summed E-state index contributed by atoms with van der Waals surface area (Å²) in [4.78, 5) is 40.5. The zero-order valence-corrected chi connectivity index (χ0v) is 14.4. The number of nitrogens with one attached hydrogen (secondary N) is 1. The number of imidazole rings is 1. The second kappa shape index (κ2) is 6.15. The fourth-order valence-electron chi connectivity index (χ4n) is 2.90. The molecule has 16 heteroatoms. The average molecular weight is 408 g/mol. The first-order chi connectivity index (χ1) is 12.2. The largest absolute Gasteiger partial charge is 0.694 e. The lowest BCUT2D eigenvalue weighted by Crippen LogP contribution is -2.31. The first-order valence-electron chi connectivity index (χ1n) is 7.11. The van der Waals surface area contributed by atoms with Crippen molar-refractivity contribution < 1.29 is 37.2 Å². The maximum Gasteiger partial charge on any atom is 0.694 e. The number of nitrogens with zero attached hydrogens (tertiary/aromatic N) is 3. The van der Waals surface area contributed by atoms with Crippen LogP contribution in [0.25, 0.3) is 11.2 Å². The van der Waals surface area contributed by atoms with E-state index in [2.05, 4.69) is 19.5 Å². The van der Waals surface area contributed by atoms with Gasteiger partial charge in [-0.05, 0) is 0 Å². The van der Waals surface area contributed by atoms with Crippen LogP contribution < -0.4 is 11.3 Å². The molecule has 2 fully saturated rings. The monoisotopic (exact) mass is 408 g/mol. The minimum absolute atomic E-state index is 0.0245. The van der Waals surface area contributed by atoms with Crippen LogP contribution in [0.2, 0.25) is 0 Å². The lowest BCUT2D eigenvalue weighted by atomic mass is 10.1. The summed E-state index contributed by atoms with van der Waals surface area (Å²) in [6.07, 6.45) is -2.95. The molecule has 0 amide bonds. The molecule has 2 aliphatic rings. The van der Waals surface area contributed by atoms with Crippen molar-refractivity contribution in [1.29, 1.82) is 0 Å². The second-order valence-corrected chi connectivity index (χ2v) is 7.58. The van der Waals surface area contributed by atoms with Gasteiger partial charge in [-0.2, -0.15) is 4.98 Å². The number of aromatic nitrogens is 4. The Bertz CT molecular complexity index is 991. The first-order valence-corrected chi connectivity index (χ1v) is 9.74. The van der Waals surface area contributed by atoms with Crippen LogP contribution in [0.1, 0.15) is 6.23 Å². The number of phosphoric acid groups is 1. The van der Waals surface area contributed by atoms with Crippen LogP contribution in [-0.2, 0) is 27.4 Å². The third-order valence-electron chi connectivity index (χ3n) is 3.87. The smallest absolute Gasteiger partial charge is 0.369 e. The zero-order chi connectivity index (χ0) is 18.6. The molecular weight excluding hydrogens is 396 g/mol. The Morgan fingerprint density at radius 2 is 2.19 bits per heavy atom. The molecule has 2 aliphatic heterocycles. The van der Waals surface area contributed by atoms with Crippen LogP contribution in [0.3, 0.4) is 0 Å². The van der Waals surface area contributed by atoms with E-state index >= 15 is 0 Å². The number of phosphoric ester groups is 1. The van der Waals surface area contributed by atoms with Gasteiger partial charge in [-0.15, -0.1) is 9.42 Å². The number of nitrogens with two attached hydrogens (primary N) is 1. The van der Waals surface area contributed by atoms with E-state index in [-0.39, 0.29) is 17.1 Å². The molecule has 0 spiro atoms. The lowest BCUT2D eigenvalue weighted by molar-refractivity contribution is -0.0554. The standard InChI is InChI=1S/C10H11N5O9P2/c11-10-13-7-4(8(16)14-10)12-2-15(7)9-6-5(23-26(19,20)24-6)3(22-9)1-21-25(17)18/h2-3,5-6,9H,1H2,(H4-,11,13,14,16,17,18,19,20)/p+1/t3-,5?,6?,9-/m1/s1. The Balaban J connectivity index is 1.73. The summed E-state index contributed by atoms with van der Waals surface area (Å²) in [7, 11) is -7.25. The molecule has 0 aromatic carbocycles. The van der Waals surface area contributed by atoms with Crippen LogP contribution in [0, 0.1) is 0 Å². The van der Waals surface area contributed by atoms with Crippen molar-refractivity contribution >= 4 is 33.2 Å². The molecule has 0 aliphatic carbocycles. The summed E-state index contributed by atoms with van der Waals surface area (Å²) in [5.74, 6) is -0.160. The van der Waals surface area contributed by atoms with Crippen molar-refractivity contribution in [3.63, 3.8) is 0 Å². The molecule has 14 nitrogen and oxygen atoms in total. The van der Waals surface area contributed by atoms with Crippen LogP contribution in [0.15, 0.2) is 11.1 Å². The molecule has 4 rings (SSSR count). The second-order valence-electron chi connectivity index (χ2n) is 5.48. The van der Waals surface area contributed by atoms with Gasteiger partial charge in [0.1, 0.15) is 24.9 Å². The van der Waals surface area contributed by atoms with Crippen molar-refractivity contribution in [2.45, 2.75) is 24.5 Å². The van der Waals surface area contributed by atoms with Gasteiger partial charge in [0.05, 0.1) is 6.33 Å². The number of hydrogen-bond acceptors (Lipinski definition) is 10. The zero-order valence-electron chi connectivity index (χ0n) is 12.7. The summed E-state index contributed by atoms with van der Waals surface area (Å²) in [6.45, 7) is -0.393. The predicted molar refractivity (Wildman–Crippen MR) is 81.8 cm³/mol. The molecule has 2 aromatic heterocycles. The Morgan fingerprint density at radius 3 is 2.92 bits per heavy atom. The van der Waals surface area contributed by atoms with Crippen LogP contribution in [-0.4, -0.2) is 54.2 Å². The summed E-state index contributed by atoms with van der Waals surface area (Å²) >= 11 is 0. The van der Waals surface area contributed by atoms with Crippen molar-refractivity contribution in [1.82, 2.24) is 19.5 Å². The van der Waals surface area contributed by atoms with E-state index in [1.165, 1.54) is 10.9 Å². The molecule has 0 bridgehead atoms. The number of nitrogen functional groups attached to an aromatic ring is 1. The summed E-state index contributed by atoms with van der Waals surface area (Å²) in [5.41, 5.74) is 5.00. The van der Waals surface area contributed by atoms with E-state index in [4.69, 9.17) is 24.4 Å². The average Bonchev–Trinajstić information content (AvgIpc) is 3.16.